The van der Waals surface area contributed by atoms with Gasteiger partial charge in [0, 0.05) is 17.7 Å². The molecule has 0 amide bonds. The SMILES string of the molecule is COc1ccc(C=CC(=O)Oc2ccccc2Cl)c(OC)c1. The van der Waals surface area contributed by atoms with Crippen LogP contribution in [0.4, 0.5) is 0 Å². The van der Waals surface area contributed by atoms with E-state index in [-0.39, 0.29) is 0 Å². The van der Waals surface area contributed by atoms with Gasteiger partial charge >= 0.3 is 5.97 Å². The number of ether oxygens (including phenoxy) is 3. The third-order valence-electron chi connectivity index (χ3n) is 2.89. The van der Waals surface area contributed by atoms with E-state index in [0.29, 0.717) is 22.3 Å². The average molecular weight is 319 g/mol. The Morgan fingerprint density at radius 2 is 1.82 bits per heavy atom. The molecule has 2 aromatic rings. The van der Waals surface area contributed by atoms with Crippen molar-refractivity contribution >= 4 is 23.6 Å². The molecule has 2 aromatic carbocycles. The number of hydrogen-bond acceptors (Lipinski definition) is 4. The summed E-state index contributed by atoms with van der Waals surface area (Å²) in [6, 6.07) is 12.1. The van der Waals surface area contributed by atoms with Gasteiger partial charge < -0.3 is 14.2 Å². The lowest BCUT2D eigenvalue weighted by atomic mass is 10.2. The Morgan fingerprint density at radius 3 is 2.50 bits per heavy atom. The Bertz CT molecular complexity index is 695. The fourth-order valence-corrected chi connectivity index (χ4v) is 1.96. The van der Waals surface area contributed by atoms with Gasteiger partial charge in [-0.15, -0.1) is 0 Å². The molecule has 4 nitrogen and oxygen atoms in total. The highest BCUT2D eigenvalue weighted by Crippen LogP contribution is 2.26. The first-order valence-corrected chi connectivity index (χ1v) is 6.88. The minimum atomic E-state index is -0.522. The monoisotopic (exact) mass is 318 g/mol. The van der Waals surface area contributed by atoms with Gasteiger partial charge in [0.05, 0.1) is 19.2 Å². The molecule has 22 heavy (non-hydrogen) atoms. The third-order valence-corrected chi connectivity index (χ3v) is 3.20. The van der Waals surface area contributed by atoms with Gasteiger partial charge in [-0.05, 0) is 30.3 Å². The van der Waals surface area contributed by atoms with Gasteiger partial charge in [0.2, 0.25) is 0 Å². The Hall–Kier alpha value is -2.46. The number of rotatable bonds is 5. The molecule has 2 rings (SSSR count). The summed E-state index contributed by atoms with van der Waals surface area (Å²) in [5, 5.41) is 0.381. The van der Waals surface area contributed by atoms with Gasteiger partial charge in [-0.2, -0.15) is 0 Å². The Labute approximate surface area is 133 Å². The largest absolute Gasteiger partial charge is 0.497 e. The quantitative estimate of drug-likeness (QED) is 0.475. The lowest BCUT2D eigenvalue weighted by Crippen LogP contribution is -2.04. The van der Waals surface area contributed by atoms with Gasteiger partial charge in [0.1, 0.15) is 17.2 Å². The van der Waals surface area contributed by atoms with Crippen LogP contribution in [0.15, 0.2) is 48.5 Å². The molecule has 0 atom stereocenters. The number of benzene rings is 2. The first kappa shape index (κ1) is 15.9. The van der Waals surface area contributed by atoms with Crippen molar-refractivity contribution in [1.82, 2.24) is 0 Å². The predicted molar refractivity (Wildman–Crippen MR) is 85.7 cm³/mol. The fraction of sp³-hybridized carbons (Fsp3) is 0.118. The van der Waals surface area contributed by atoms with E-state index in [1.807, 2.05) is 0 Å². The van der Waals surface area contributed by atoms with Crippen LogP contribution in [0.25, 0.3) is 6.08 Å². The maximum Gasteiger partial charge on any atom is 0.336 e. The zero-order valence-corrected chi connectivity index (χ0v) is 13.0. The summed E-state index contributed by atoms with van der Waals surface area (Å²) in [5.74, 6) is 1.07. The number of hydrogen-bond donors (Lipinski definition) is 0. The standard InChI is InChI=1S/C17H15ClO4/c1-20-13-9-7-12(16(11-13)21-2)8-10-17(19)22-15-6-4-3-5-14(15)18/h3-11H,1-2H3. The van der Waals surface area contributed by atoms with E-state index in [0.717, 1.165) is 5.56 Å². The number of esters is 1. The summed E-state index contributed by atoms with van der Waals surface area (Å²) in [7, 11) is 3.12. The molecule has 0 fully saturated rings. The smallest absolute Gasteiger partial charge is 0.336 e. The van der Waals surface area contributed by atoms with Crippen molar-refractivity contribution in [3.05, 3.63) is 59.1 Å². The molecule has 0 spiro atoms. The normalized spacial score (nSPS) is 10.5. The van der Waals surface area contributed by atoms with E-state index in [9.17, 15) is 4.79 Å². The molecule has 0 unspecified atom stereocenters. The van der Waals surface area contributed by atoms with Crippen molar-refractivity contribution in [2.75, 3.05) is 14.2 Å². The van der Waals surface area contributed by atoms with Gasteiger partial charge in [0.15, 0.2) is 0 Å². The summed E-state index contributed by atoms with van der Waals surface area (Å²) in [6.07, 6.45) is 2.92. The van der Waals surface area contributed by atoms with Crippen molar-refractivity contribution in [3.8, 4) is 17.2 Å². The molecule has 0 aromatic heterocycles. The van der Waals surface area contributed by atoms with Crippen LogP contribution in [0.2, 0.25) is 5.02 Å². The predicted octanol–water partition coefficient (Wildman–Crippen LogP) is 3.98. The molecule has 0 radical (unpaired) electrons. The minimum absolute atomic E-state index is 0.320. The second-order valence-corrected chi connectivity index (χ2v) is 4.70. The zero-order chi connectivity index (χ0) is 15.9. The highest BCUT2D eigenvalue weighted by molar-refractivity contribution is 6.32. The molecule has 0 aliphatic carbocycles. The zero-order valence-electron chi connectivity index (χ0n) is 12.2. The van der Waals surface area contributed by atoms with Crippen LogP contribution in [0.3, 0.4) is 0 Å². The highest BCUT2D eigenvalue weighted by Gasteiger charge is 2.06. The number of methoxy groups -OCH3 is 2. The maximum absolute atomic E-state index is 11.8. The molecule has 0 aliphatic heterocycles. The van der Waals surface area contributed by atoms with Crippen LogP contribution < -0.4 is 14.2 Å². The summed E-state index contributed by atoms with van der Waals surface area (Å²) >= 11 is 5.93. The highest BCUT2D eigenvalue weighted by atomic mass is 35.5. The molecule has 0 bridgehead atoms. The lowest BCUT2D eigenvalue weighted by molar-refractivity contribution is -0.128. The second-order valence-electron chi connectivity index (χ2n) is 4.29. The maximum atomic E-state index is 11.8. The summed E-state index contributed by atoms with van der Waals surface area (Å²) < 4.78 is 15.5. The van der Waals surface area contributed by atoms with Crippen LogP contribution in [0.5, 0.6) is 17.2 Å². The van der Waals surface area contributed by atoms with Crippen molar-refractivity contribution < 1.29 is 19.0 Å². The number of para-hydroxylation sites is 1. The molecular formula is C17H15ClO4. The summed E-state index contributed by atoms with van der Waals surface area (Å²) in [4.78, 5) is 11.8. The number of halogens is 1. The molecule has 0 aliphatic rings. The van der Waals surface area contributed by atoms with Crippen LogP contribution in [0.1, 0.15) is 5.56 Å². The van der Waals surface area contributed by atoms with E-state index < -0.39 is 5.97 Å². The van der Waals surface area contributed by atoms with E-state index in [4.69, 9.17) is 25.8 Å². The van der Waals surface area contributed by atoms with Crippen LogP contribution in [0, 0.1) is 0 Å². The van der Waals surface area contributed by atoms with Crippen molar-refractivity contribution in [1.29, 1.82) is 0 Å². The van der Waals surface area contributed by atoms with Crippen molar-refractivity contribution in [2.24, 2.45) is 0 Å². The van der Waals surface area contributed by atoms with Crippen LogP contribution in [-0.4, -0.2) is 20.2 Å². The van der Waals surface area contributed by atoms with Gasteiger partial charge in [0.25, 0.3) is 0 Å². The second kappa shape index (κ2) is 7.52. The van der Waals surface area contributed by atoms with E-state index in [2.05, 4.69) is 0 Å². The molecular weight excluding hydrogens is 304 g/mol. The lowest BCUT2D eigenvalue weighted by Gasteiger charge is -2.07. The Balaban J connectivity index is 2.11. The first-order chi connectivity index (χ1) is 10.6. The molecule has 0 saturated heterocycles. The Kier molecular flexibility index (Phi) is 5.44. The molecule has 5 heteroatoms. The van der Waals surface area contributed by atoms with E-state index in [1.54, 1.807) is 62.8 Å². The number of carbonyl (C=O) groups is 1. The van der Waals surface area contributed by atoms with Crippen LogP contribution in [-0.2, 0) is 4.79 Å². The van der Waals surface area contributed by atoms with Gasteiger partial charge in [-0.25, -0.2) is 4.79 Å². The summed E-state index contributed by atoms with van der Waals surface area (Å²) in [6.45, 7) is 0. The molecule has 0 heterocycles. The minimum Gasteiger partial charge on any atom is -0.497 e. The first-order valence-electron chi connectivity index (χ1n) is 6.50. The Morgan fingerprint density at radius 1 is 1.05 bits per heavy atom. The molecule has 0 N–H and O–H groups in total. The fourth-order valence-electron chi connectivity index (χ4n) is 1.78. The number of carbonyl (C=O) groups excluding carboxylic acids is 1. The summed E-state index contributed by atoms with van der Waals surface area (Å²) in [5.41, 5.74) is 0.736. The van der Waals surface area contributed by atoms with E-state index >= 15 is 0 Å². The topological polar surface area (TPSA) is 44.8 Å². The third kappa shape index (κ3) is 4.02. The van der Waals surface area contributed by atoms with Gasteiger partial charge in [-0.3, -0.25) is 0 Å². The van der Waals surface area contributed by atoms with Crippen LogP contribution >= 0.6 is 11.6 Å². The van der Waals surface area contributed by atoms with Crippen molar-refractivity contribution in [3.63, 3.8) is 0 Å². The molecule has 0 saturated carbocycles. The van der Waals surface area contributed by atoms with E-state index in [1.165, 1.54) is 6.08 Å². The van der Waals surface area contributed by atoms with Crippen molar-refractivity contribution in [2.45, 2.75) is 0 Å². The van der Waals surface area contributed by atoms with Gasteiger partial charge in [-0.1, -0.05) is 23.7 Å². The average Bonchev–Trinajstić information content (AvgIpc) is 2.55. The molecule has 114 valence electrons.